The number of aromatic nitrogens is 2. The van der Waals surface area contributed by atoms with Gasteiger partial charge in [-0.05, 0) is 80.1 Å². The van der Waals surface area contributed by atoms with Gasteiger partial charge in [0.1, 0.15) is 55.3 Å². The summed E-state index contributed by atoms with van der Waals surface area (Å²) in [5.74, 6) is -4.94. The molecule has 20 heteroatoms. The molecule has 0 radical (unpaired) electrons. The van der Waals surface area contributed by atoms with E-state index in [1.165, 1.54) is 38.2 Å². The van der Waals surface area contributed by atoms with E-state index in [1.54, 1.807) is 19.9 Å². The smallest absolute Gasteiger partial charge is 0.326 e. The monoisotopic (exact) mass is 941 g/mol. The van der Waals surface area contributed by atoms with Crippen LogP contribution in [0.25, 0.3) is 22.5 Å². The molecule has 0 saturated heterocycles. The molecule has 1 aliphatic heterocycles. The summed E-state index contributed by atoms with van der Waals surface area (Å²) >= 11 is 0. The second-order valence-corrected chi connectivity index (χ2v) is 17.9. The van der Waals surface area contributed by atoms with Gasteiger partial charge >= 0.3 is 5.97 Å². The predicted molar refractivity (Wildman–Crippen MR) is 252 cm³/mol. The minimum atomic E-state index is -1.66. The van der Waals surface area contributed by atoms with Crippen LogP contribution in [0.2, 0.25) is 0 Å². The van der Waals surface area contributed by atoms with Gasteiger partial charge in [-0.25, -0.2) is 14.8 Å². The summed E-state index contributed by atoms with van der Waals surface area (Å²) in [4.78, 5) is 79.9. The highest BCUT2D eigenvalue weighted by Crippen LogP contribution is 2.45. The number of carbonyl (C=O) groups is 5. The Kier molecular flexibility index (Phi) is 17.2. The van der Waals surface area contributed by atoms with Crippen molar-refractivity contribution in [1.82, 2.24) is 30.8 Å². The molecule has 2 unspecified atom stereocenters. The van der Waals surface area contributed by atoms with E-state index >= 15 is 0 Å². The molecule has 4 amide bonds. The quantitative estimate of drug-likeness (QED) is 0.0752. The van der Waals surface area contributed by atoms with Crippen LogP contribution in [0.1, 0.15) is 78.6 Å². The highest BCUT2D eigenvalue weighted by Gasteiger charge is 2.37. The molecule has 6 atom stereocenters. The molecule has 0 fully saturated rings. The van der Waals surface area contributed by atoms with Gasteiger partial charge in [-0.2, -0.15) is 0 Å². The third kappa shape index (κ3) is 12.4. The van der Waals surface area contributed by atoms with Crippen LogP contribution in [-0.4, -0.2) is 135 Å². The number of nitrogens with one attached hydrogen (secondary N) is 3. The number of aromatic hydroxyl groups is 1. The Morgan fingerprint density at radius 1 is 0.868 bits per heavy atom. The van der Waals surface area contributed by atoms with Crippen LogP contribution >= 0.6 is 0 Å². The number of carboxylic acid groups (broad SMARTS) is 1. The van der Waals surface area contributed by atoms with Crippen LogP contribution in [0, 0.1) is 13.8 Å². The van der Waals surface area contributed by atoms with Crippen molar-refractivity contribution in [2.24, 2.45) is 17.2 Å². The lowest BCUT2D eigenvalue weighted by molar-refractivity contribution is -0.143. The van der Waals surface area contributed by atoms with Gasteiger partial charge in [0, 0.05) is 43.2 Å². The zero-order chi connectivity index (χ0) is 50.2. The molecule has 0 aliphatic carbocycles. The number of hydrogen-bond donors (Lipinski definition) is 10. The molecule has 68 heavy (non-hydrogen) atoms. The fraction of sp³-hybridized carbons (Fsp3) is 0.438. The fourth-order valence-electron chi connectivity index (χ4n) is 7.61. The van der Waals surface area contributed by atoms with E-state index in [0.717, 1.165) is 16.0 Å². The molecule has 5 rings (SSSR count). The first-order valence-electron chi connectivity index (χ1n) is 22.2. The topological polar surface area (TPSA) is 328 Å². The Morgan fingerprint density at radius 3 is 2.03 bits per heavy atom. The fourth-order valence-corrected chi connectivity index (χ4v) is 7.61. The van der Waals surface area contributed by atoms with Crippen LogP contribution in [0.4, 0.5) is 0 Å². The average Bonchev–Trinajstić information content (AvgIpc) is 3.29. The van der Waals surface area contributed by atoms with E-state index in [-0.39, 0.29) is 78.3 Å². The zero-order valence-corrected chi connectivity index (χ0v) is 39.3. The minimum absolute atomic E-state index is 0.0128. The number of carbonyl (C=O) groups excluding carboxylic acids is 4. The van der Waals surface area contributed by atoms with Gasteiger partial charge in [0.25, 0.3) is 5.91 Å². The summed E-state index contributed by atoms with van der Waals surface area (Å²) < 4.78 is 11.8. The molecular weight excluding hydrogens is 879 g/mol. The summed E-state index contributed by atoms with van der Waals surface area (Å²) in [7, 11) is 1.30. The van der Waals surface area contributed by atoms with E-state index in [2.05, 4.69) is 46.7 Å². The average molecular weight is 942 g/mol. The number of aliphatic hydroxyl groups excluding tert-OH is 2. The first-order valence-corrected chi connectivity index (χ1v) is 22.2. The predicted octanol–water partition coefficient (Wildman–Crippen LogP) is 1.10. The van der Waals surface area contributed by atoms with Gasteiger partial charge in [0.2, 0.25) is 17.7 Å². The van der Waals surface area contributed by atoms with Crippen LogP contribution in [0.5, 0.6) is 17.2 Å². The molecule has 1 aromatic heterocycles. The Bertz CT molecular complexity index is 2470. The van der Waals surface area contributed by atoms with Crippen molar-refractivity contribution in [2.75, 3.05) is 39.9 Å². The molecule has 20 nitrogen and oxygen atoms in total. The minimum Gasteiger partial charge on any atom is -0.504 e. The van der Waals surface area contributed by atoms with E-state index in [4.69, 9.17) is 26.7 Å². The highest BCUT2D eigenvalue weighted by atomic mass is 16.5. The number of carboxylic acids is 1. The van der Waals surface area contributed by atoms with Gasteiger partial charge in [0.05, 0.1) is 17.0 Å². The van der Waals surface area contributed by atoms with Crippen LogP contribution in [0.3, 0.4) is 0 Å². The number of phenolic OH excluding ortho intramolecular Hbond substituents is 1. The van der Waals surface area contributed by atoms with Crippen LogP contribution in [0.15, 0.2) is 54.6 Å². The normalized spacial score (nSPS) is 17.7. The molecule has 3 aromatic carbocycles. The van der Waals surface area contributed by atoms with E-state index in [1.807, 2.05) is 24.3 Å². The van der Waals surface area contributed by atoms with Gasteiger partial charge < -0.3 is 68.0 Å². The molecular formula is C48H63N9O11. The second kappa shape index (κ2) is 22.4. The zero-order valence-electron chi connectivity index (χ0n) is 39.3. The van der Waals surface area contributed by atoms with E-state index in [9.17, 15) is 44.4 Å². The number of nitrogens with zero attached hydrogens (tertiary/aromatic N) is 3. The maximum absolute atomic E-state index is 14.8. The number of rotatable bonds is 16. The van der Waals surface area contributed by atoms with Crippen molar-refractivity contribution in [3.05, 3.63) is 88.2 Å². The number of nitrogens with two attached hydrogens (primary N) is 3. The first-order chi connectivity index (χ1) is 32.1. The summed E-state index contributed by atoms with van der Waals surface area (Å²) in [6.45, 7) is 9.81. The second-order valence-electron chi connectivity index (χ2n) is 17.9. The van der Waals surface area contributed by atoms with Gasteiger partial charge in [-0.1, -0.05) is 51.1 Å². The Labute approximate surface area is 394 Å². The lowest BCUT2D eigenvalue weighted by atomic mass is 9.86. The van der Waals surface area contributed by atoms with Crippen molar-refractivity contribution in [1.29, 1.82) is 0 Å². The van der Waals surface area contributed by atoms with Gasteiger partial charge in [-0.3, -0.25) is 19.2 Å². The van der Waals surface area contributed by atoms with Gasteiger partial charge in [0.15, 0.2) is 17.3 Å². The van der Waals surface area contributed by atoms with Crippen LogP contribution in [-0.2, 0) is 31.0 Å². The highest BCUT2D eigenvalue weighted by molar-refractivity contribution is 6.00. The number of aliphatic carboxylic acids is 1. The molecule has 2 heterocycles. The molecule has 0 spiro atoms. The lowest BCUT2D eigenvalue weighted by Gasteiger charge is -2.33. The number of amides is 4. The number of likely N-dealkylation sites (N-methyl/N-ethyl adjacent to an activating group) is 1. The third-order valence-corrected chi connectivity index (χ3v) is 11.5. The largest absolute Gasteiger partial charge is 0.504 e. The number of aliphatic hydroxyl groups is 2. The summed E-state index contributed by atoms with van der Waals surface area (Å²) in [5, 5.41) is 50.5. The number of fused-ring (bicyclic) bond motifs is 5. The summed E-state index contributed by atoms with van der Waals surface area (Å²) in [6.07, 6.45) is -2.63. The number of hydrogen-bond acceptors (Lipinski definition) is 15. The molecule has 4 aromatic rings. The molecule has 1 aliphatic rings. The van der Waals surface area contributed by atoms with E-state index in [0.29, 0.717) is 22.8 Å². The standard InChI is InChI=1S/C48H63N9O11/c1-24-39(25(2)53-42(52-24)28-9-11-30(12-10-28)48(4,5)6)44(62)55-35(14-15-49)46(64)57(7)40-29-18-34(41(60)38(19-29)68-23-32(59)21-51)33-16-27(8-13-37(33)67-22-31(58)20-50)17-36(47(65)66)56-43(61)26(3)54-45(40)63/h8-13,16,18-19,26,31-32,35-36,40,58-60H,14-15,17,20-23,49-51H2,1-7H3,(H,54,63)(H,55,62)(H,56,61)(H,65,66)/t26-,31+,32+,35-,36?,40?/m0/s1. The Hall–Kier alpha value is -6.71. The molecule has 0 saturated carbocycles. The van der Waals surface area contributed by atoms with Crippen molar-refractivity contribution < 1.29 is 53.9 Å². The summed E-state index contributed by atoms with van der Waals surface area (Å²) in [5.41, 5.74) is 20.4. The van der Waals surface area contributed by atoms with Crippen LogP contribution < -0.4 is 42.6 Å². The number of phenols is 1. The van der Waals surface area contributed by atoms with Crippen molar-refractivity contribution in [3.63, 3.8) is 0 Å². The van der Waals surface area contributed by atoms with Crippen molar-refractivity contribution >= 4 is 29.6 Å². The Morgan fingerprint density at radius 2 is 1.47 bits per heavy atom. The molecule has 366 valence electrons. The van der Waals surface area contributed by atoms with Crippen molar-refractivity contribution in [2.45, 2.75) is 96.2 Å². The number of benzene rings is 3. The SMILES string of the molecule is Cc1nc(-c2ccc(C(C)(C)C)cc2)nc(C)c1C(=O)N[C@@H](CCN)C(=O)N(C)C1C(=O)N[C@@H](C)C(=O)NC(C(=O)O)Cc2ccc(OC[C@H](O)CN)c(c2)-c2cc1cc(OC[C@H](O)CN)c2O. The number of aryl methyl sites for hydroxylation is 2. The maximum Gasteiger partial charge on any atom is 0.326 e. The maximum atomic E-state index is 14.8. The number of ether oxygens (including phenoxy) is 2. The van der Waals surface area contributed by atoms with Gasteiger partial charge in [-0.15, -0.1) is 0 Å². The molecule has 13 N–H and O–H groups in total. The lowest BCUT2D eigenvalue weighted by Crippen LogP contribution is -2.55. The first kappa shape index (κ1) is 52.3. The van der Waals surface area contributed by atoms with Crippen molar-refractivity contribution in [3.8, 4) is 39.8 Å². The third-order valence-electron chi connectivity index (χ3n) is 11.5. The Balaban J connectivity index is 1.62. The van der Waals surface area contributed by atoms with E-state index < -0.39 is 78.3 Å². The summed E-state index contributed by atoms with van der Waals surface area (Å²) in [6, 6.07) is 9.15. The molecule has 4 bridgehead atoms.